The SMILES string of the molecule is CC/C=C/C/C=C/C/C=C/C/C=C/CCCCC(=O)O[C@H](COC(=O)CCCCCCC/C=C/CCCC)COP(=O)(O)O. The second-order valence-electron chi connectivity index (χ2n) is 10.7. The van der Waals surface area contributed by atoms with Crippen LogP contribution in [0.1, 0.15) is 129 Å². The van der Waals surface area contributed by atoms with Crippen LogP contribution in [-0.4, -0.2) is 41.0 Å². The highest BCUT2D eigenvalue weighted by Gasteiger charge is 2.22. The zero-order chi connectivity index (χ0) is 32.6. The molecule has 44 heavy (non-hydrogen) atoms. The maximum atomic E-state index is 12.3. The van der Waals surface area contributed by atoms with Crippen LogP contribution in [0.2, 0.25) is 0 Å². The van der Waals surface area contributed by atoms with E-state index in [1.165, 1.54) is 12.8 Å². The highest BCUT2D eigenvalue weighted by atomic mass is 31.2. The summed E-state index contributed by atoms with van der Waals surface area (Å²) in [6.07, 6.45) is 36.6. The van der Waals surface area contributed by atoms with Gasteiger partial charge in [0, 0.05) is 12.8 Å². The minimum absolute atomic E-state index is 0.155. The van der Waals surface area contributed by atoms with E-state index in [0.29, 0.717) is 12.8 Å². The number of ether oxygens (including phenoxy) is 2. The quantitative estimate of drug-likeness (QED) is 0.0360. The van der Waals surface area contributed by atoms with Crippen LogP contribution < -0.4 is 0 Å². The molecule has 0 unspecified atom stereocenters. The van der Waals surface area contributed by atoms with E-state index < -0.39 is 32.5 Å². The Kier molecular flexibility index (Phi) is 29.2. The third-order valence-corrected chi connectivity index (χ3v) is 7.01. The highest BCUT2D eigenvalue weighted by Crippen LogP contribution is 2.35. The standard InChI is InChI=1S/C35H59O8P/c1-3-5-7-9-11-13-15-16-17-18-20-22-24-26-28-30-35(37)43-33(32-42-44(38,39)40)31-41-34(36)29-27-25-23-21-19-14-12-10-8-6-4-2/h5,7,10-13,16-17,20,22,33H,3-4,6,8-9,14-15,18-19,21,23-32H2,1-2H3,(H2,38,39,40)/b7-5+,12-10+,13-11+,17-16+,22-20+/t33-/m1/s1. The molecule has 0 amide bonds. The fourth-order valence-electron chi connectivity index (χ4n) is 4.05. The Hall–Kier alpha value is -2.25. The van der Waals surface area contributed by atoms with E-state index in [1.54, 1.807) is 0 Å². The van der Waals surface area contributed by atoms with Gasteiger partial charge in [0.25, 0.3) is 0 Å². The number of hydrogen-bond donors (Lipinski definition) is 2. The summed E-state index contributed by atoms with van der Waals surface area (Å²) < 4.78 is 26.1. The molecular weight excluding hydrogens is 579 g/mol. The second-order valence-corrected chi connectivity index (χ2v) is 12.0. The van der Waals surface area contributed by atoms with Gasteiger partial charge >= 0.3 is 19.8 Å². The van der Waals surface area contributed by atoms with E-state index in [1.807, 2.05) is 0 Å². The van der Waals surface area contributed by atoms with Gasteiger partial charge in [-0.25, -0.2) is 4.57 Å². The van der Waals surface area contributed by atoms with Crippen molar-refractivity contribution in [1.29, 1.82) is 0 Å². The van der Waals surface area contributed by atoms with Crippen molar-refractivity contribution in [3.63, 3.8) is 0 Å². The van der Waals surface area contributed by atoms with Crippen molar-refractivity contribution in [3.8, 4) is 0 Å². The molecule has 252 valence electrons. The lowest BCUT2D eigenvalue weighted by atomic mass is 10.1. The first-order chi connectivity index (χ1) is 21.3. The summed E-state index contributed by atoms with van der Waals surface area (Å²) in [7, 11) is -4.76. The molecule has 0 aliphatic heterocycles. The molecule has 2 N–H and O–H groups in total. The van der Waals surface area contributed by atoms with E-state index in [4.69, 9.17) is 19.3 Å². The maximum absolute atomic E-state index is 12.3. The molecule has 0 saturated carbocycles. The van der Waals surface area contributed by atoms with Gasteiger partial charge in [-0.1, -0.05) is 107 Å². The molecule has 0 saturated heterocycles. The molecule has 0 bridgehead atoms. The molecule has 8 nitrogen and oxygen atoms in total. The van der Waals surface area contributed by atoms with Crippen LogP contribution in [-0.2, 0) is 28.2 Å². The van der Waals surface area contributed by atoms with Crippen molar-refractivity contribution in [3.05, 3.63) is 60.8 Å². The van der Waals surface area contributed by atoms with Gasteiger partial charge in [-0.15, -0.1) is 0 Å². The van der Waals surface area contributed by atoms with E-state index >= 15 is 0 Å². The summed E-state index contributed by atoms with van der Waals surface area (Å²) in [6.45, 7) is 3.45. The lowest BCUT2D eigenvalue weighted by molar-refractivity contribution is -0.161. The average molecular weight is 639 g/mol. The normalized spacial score (nSPS) is 13.3. The molecule has 0 spiro atoms. The van der Waals surface area contributed by atoms with Gasteiger partial charge in [0.05, 0.1) is 6.61 Å². The molecule has 0 heterocycles. The van der Waals surface area contributed by atoms with Crippen molar-refractivity contribution in [2.75, 3.05) is 13.2 Å². The van der Waals surface area contributed by atoms with Gasteiger partial charge in [-0.3, -0.25) is 14.1 Å². The van der Waals surface area contributed by atoms with Crippen LogP contribution in [0.4, 0.5) is 0 Å². The van der Waals surface area contributed by atoms with E-state index in [-0.39, 0.29) is 19.4 Å². The Morgan fingerprint density at radius 2 is 1.09 bits per heavy atom. The Morgan fingerprint density at radius 1 is 0.614 bits per heavy atom. The zero-order valence-electron chi connectivity index (χ0n) is 27.3. The first-order valence-corrected chi connectivity index (χ1v) is 18.1. The number of phosphoric acid groups is 1. The van der Waals surface area contributed by atoms with E-state index in [0.717, 1.165) is 77.0 Å². The first kappa shape index (κ1) is 41.8. The predicted octanol–water partition coefficient (Wildman–Crippen LogP) is 9.39. The Bertz CT molecular complexity index is 900. The smallest absolute Gasteiger partial charge is 0.462 e. The molecule has 0 aliphatic rings. The van der Waals surface area contributed by atoms with Gasteiger partial charge in [0.2, 0.25) is 0 Å². The number of rotatable bonds is 29. The fourth-order valence-corrected chi connectivity index (χ4v) is 4.41. The van der Waals surface area contributed by atoms with Gasteiger partial charge < -0.3 is 19.3 Å². The number of esters is 2. The Balaban J connectivity index is 4.14. The fraction of sp³-hybridized carbons (Fsp3) is 0.657. The van der Waals surface area contributed by atoms with Crippen LogP contribution in [0.5, 0.6) is 0 Å². The average Bonchev–Trinajstić information content (AvgIpc) is 2.98. The van der Waals surface area contributed by atoms with E-state index in [9.17, 15) is 14.2 Å². The van der Waals surface area contributed by atoms with Crippen LogP contribution in [0, 0.1) is 0 Å². The van der Waals surface area contributed by atoms with Crippen LogP contribution in [0.25, 0.3) is 0 Å². The highest BCUT2D eigenvalue weighted by molar-refractivity contribution is 7.46. The predicted molar refractivity (Wildman–Crippen MR) is 179 cm³/mol. The molecule has 0 fully saturated rings. The molecule has 0 aromatic rings. The summed E-state index contributed by atoms with van der Waals surface area (Å²) in [5.74, 6) is -0.954. The molecule has 0 rings (SSSR count). The van der Waals surface area contributed by atoms with Crippen LogP contribution >= 0.6 is 7.82 Å². The molecule has 9 heteroatoms. The molecular formula is C35H59O8P. The molecule has 0 aromatic carbocycles. The summed E-state index contributed by atoms with van der Waals surface area (Å²) >= 11 is 0. The third kappa shape index (κ3) is 32.7. The number of hydrogen-bond acceptors (Lipinski definition) is 6. The Labute approximate surface area is 267 Å². The number of unbranched alkanes of at least 4 members (excludes halogenated alkanes) is 9. The van der Waals surface area contributed by atoms with Gasteiger partial charge in [-0.2, -0.15) is 0 Å². The second kappa shape index (κ2) is 30.8. The number of allylic oxidation sites excluding steroid dienone is 10. The molecule has 0 aromatic heterocycles. The topological polar surface area (TPSA) is 119 Å². The third-order valence-electron chi connectivity index (χ3n) is 6.52. The summed E-state index contributed by atoms with van der Waals surface area (Å²) in [5.41, 5.74) is 0. The minimum Gasteiger partial charge on any atom is -0.462 e. The van der Waals surface area contributed by atoms with Gasteiger partial charge in [-0.05, 0) is 70.6 Å². The van der Waals surface area contributed by atoms with Crippen molar-refractivity contribution < 1.29 is 37.9 Å². The lowest BCUT2D eigenvalue weighted by Gasteiger charge is -2.18. The number of phosphoric ester groups is 1. The summed E-state index contributed by atoms with van der Waals surface area (Å²) in [6, 6.07) is 0. The van der Waals surface area contributed by atoms with E-state index in [2.05, 4.69) is 79.1 Å². The van der Waals surface area contributed by atoms with Crippen molar-refractivity contribution in [2.45, 2.75) is 136 Å². The molecule has 1 atom stereocenters. The summed E-state index contributed by atoms with van der Waals surface area (Å²) in [5, 5.41) is 0. The van der Waals surface area contributed by atoms with Crippen molar-refractivity contribution in [1.82, 2.24) is 0 Å². The lowest BCUT2D eigenvalue weighted by Crippen LogP contribution is -2.29. The largest absolute Gasteiger partial charge is 0.469 e. The maximum Gasteiger partial charge on any atom is 0.469 e. The molecule has 0 radical (unpaired) electrons. The van der Waals surface area contributed by atoms with Crippen molar-refractivity contribution in [2.24, 2.45) is 0 Å². The van der Waals surface area contributed by atoms with Crippen molar-refractivity contribution >= 4 is 19.8 Å². The number of carbonyl (C=O) groups is 2. The van der Waals surface area contributed by atoms with Crippen LogP contribution in [0.15, 0.2) is 60.8 Å². The minimum atomic E-state index is -4.76. The zero-order valence-corrected chi connectivity index (χ0v) is 28.2. The number of carbonyl (C=O) groups excluding carboxylic acids is 2. The van der Waals surface area contributed by atoms with Gasteiger partial charge in [0.15, 0.2) is 6.10 Å². The summed E-state index contributed by atoms with van der Waals surface area (Å²) in [4.78, 5) is 42.5. The monoisotopic (exact) mass is 638 g/mol. The molecule has 0 aliphatic carbocycles. The van der Waals surface area contributed by atoms with Gasteiger partial charge in [0.1, 0.15) is 6.61 Å². The first-order valence-electron chi connectivity index (χ1n) is 16.6. The Morgan fingerprint density at radius 3 is 1.70 bits per heavy atom. The van der Waals surface area contributed by atoms with Crippen LogP contribution in [0.3, 0.4) is 0 Å².